The maximum absolute atomic E-state index is 11.1. The van der Waals surface area contributed by atoms with Gasteiger partial charge in [0.2, 0.25) is 0 Å². The quantitative estimate of drug-likeness (QED) is 0.218. The minimum Gasteiger partial charge on any atom is -0.508 e. The summed E-state index contributed by atoms with van der Waals surface area (Å²) in [4.78, 5) is 0. The lowest BCUT2D eigenvalue weighted by molar-refractivity contribution is 0.454. The summed E-state index contributed by atoms with van der Waals surface area (Å²) in [6.07, 6.45) is 13.6. The van der Waals surface area contributed by atoms with E-state index >= 15 is 0 Å². The Kier molecular flexibility index (Phi) is 6.19. The number of aromatic hydroxyl groups is 1. The van der Waals surface area contributed by atoms with Gasteiger partial charge in [0.25, 0.3) is 0 Å². The van der Waals surface area contributed by atoms with Crippen LogP contribution in [0.5, 0.6) is 5.75 Å². The van der Waals surface area contributed by atoms with Crippen LogP contribution in [0, 0.1) is 12.3 Å². The lowest BCUT2D eigenvalue weighted by Crippen LogP contribution is -2.27. The molecule has 1 atom stereocenters. The summed E-state index contributed by atoms with van der Waals surface area (Å²) >= 11 is 6.52. The molecule has 0 aliphatic heterocycles. The number of nitrogens with one attached hydrogen (secondary N) is 1. The minimum atomic E-state index is -0.622. The number of para-hydroxylation sites is 2. The second kappa shape index (κ2) is 9.58. The number of terminal acetylenes is 1. The Morgan fingerprint density at radius 2 is 1.49 bits per heavy atom. The number of fused-ring (bicyclic) bond motifs is 3. The molecule has 0 fully saturated rings. The molecule has 0 aromatic heterocycles. The number of anilines is 2. The molecule has 0 saturated heterocycles. The second-order valence-electron chi connectivity index (χ2n) is 8.46. The molecule has 1 aliphatic rings. The van der Waals surface area contributed by atoms with Gasteiger partial charge in [0.15, 0.2) is 0 Å². The van der Waals surface area contributed by atoms with Crippen molar-refractivity contribution in [3.63, 3.8) is 0 Å². The van der Waals surface area contributed by atoms with Gasteiger partial charge in [-0.1, -0.05) is 102 Å². The van der Waals surface area contributed by atoms with Gasteiger partial charge in [-0.25, -0.2) is 0 Å². The summed E-state index contributed by atoms with van der Waals surface area (Å²) in [6.45, 7) is 0. The van der Waals surface area contributed by atoms with Crippen molar-refractivity contribution in [2.24, 2.45) is 0 Å². The SMILES string of the molecule is C#C/C=C\C=C/CC1(c2ccccc2O)c2ccccc2-c2cccc(Nc3ccccc3Cl)c21. The summed E-state index contributed by atoms with van der Waals surface area (Å²) in [5, 5.41) is 15.4. The Bertz CT molecular complexity index is 1490. The van der Waals surface area contributed by atoms with Crippen molar-refractivity contribution < 1.29 is 5.11 Å². The molecular formula is C32H24ClNO. The number of rotatable bonds is 6. The van der Waals surface area contributed by atoms with Crippen molar-refractivity contribution in [1.29, 1.82) is 0 Å². The van der Waals surface area contributed by atoms with E-state index in [1.54, 1.807) is 12.1 Å². The molecule has 0 spiro atoms. The largest absolute Gasteiger partial charge is 0.508 e. The summed E-state index contributed by atoms with van der Waals surface area (Å²) in [5.41, 5.74) is 6.55. The molecule has 170 valence electrons. The van der Waals surface area contributed by atoms with Crippen molar-refractivity contribution in [2.45, 2.75) is 11.8 Å². The highest BCUT2D eigenvalue weighted by Gasteiger charge is 2.46. The van der Waals surface area contributed by atoms with Crippen molar-refractivity contribution in [1.82, 2.24) is 0 Å². The van der Waals surface area contributed by atoms with E-state index in [1.807, 2.05) is 54.6 Å². The van der Waals surface area contributed by atoms with Crippen molar-refractivity contribution in [2.75, 3.05) is 5.32 Å². The Labute approximate surface area is 211 Å². The fourth-order valence-electron chi connectivity index (χ4n) is 5.14. The highest BCUT2D eigenvalue weighted by atomic mass is 35.5. The molecule has 35 heavy (non-hydrogen) atoms. The van der Waals surface area contributed by atoms with Gasteiger partial charge in [0, 0.05) is 11.3 Å². The zero-order valence-corrected chi connectivity index (χ0v) is 19.8. The minimum absolute atomic E-state index is 0.260. The van der Waals surface area contributed by atoms with Crippen LogP contribution in [0.3, 0.4) is 0 Å². The smallest absolute Gasteiger partial charge is 0.120 e. The summed E-state index contributed by atoms with van der Waals surface area (Å²) in [5.74, 6) is 2.78. The lowest BCUT2D eigenvalue weighted by atomic mass is 9.69. The first kappa shape index (κ1) is 22.6. The molecule has 2 N–H and O–H groups in total. The molecule has 4 aromatic carbocycles. The maximum Gasteiger partial charge on any atom is 0.120 e. The number of phenols is 1. The van der Waals surface area contributed by atoms with Crippen LogP contribution in [0.2, 0.25) is 5.02 Å². The second-order valence-corrected chi connectivity index (χ2v) is 8.87. The molecule has 1 aliphatic carbocycles. The molecule has 0 bridgehead atoms. The van der Waals surface area contributed by atoms with Gasteiger partial charge in [-0.15, -0.1) is 6.42 Å². The standard InChI is InChI=1S/C32H24ClNO/c1-2-3-4-5-12-22-32(26-17-8-11-21-30(26)35)25-16-7-6-14-23(25)24-15-13-20-29(31(24)32)34-28-19-10-9-18-27(28)33/h1,3-21,34-35H,22H2/b4-3-,12-5-. The molecule has 0 radical (unpaired) electrons. The van der Waals surface area contributed by atoms with E-state index in [-0.39, 0.29) is 5.75 Å². The third-order valence-electron chi connectivity index (χ3n) is 6.54. The van der Waals surface area contributed by atoms with Gasteiger partial charge in [0.1, 0.15) is 5.75 Å². The molecule has 5 rings (SSSR count). The first-order valence-corrected chi connectivity index (χ1v) is 11.9. The topological polar surface area (TPSA) is 32.3 Å². The van der Waals surface area contributed by atoms with Crippen LogP contribution in [0.25, 0.3) is 11.1 Å². The number of hydrogen-bond acceptors (Lipinski definition) is 2. The van der Waals surface area contributed by atoms with Crippen molar-refractivity contribution in [3.05, 3.63) is 137 Å². The van der Waals surface area contributed by atoms with Gasteiger partial charge in [-0.3, -0.25) is 0 Å². The first-order valence-electron chi connectivity index (χ1n) is 11.5. The monoisotopic (exact) mass is 473 g/mol. The Morgan fingerprint density at radius 3 is 2.29 bits per heavy atom. The third kappa shape index (κ3) is 3.91. The van der Waals surface area contributed by atoms with Crippen LogP contribution in [0.15, 0.2) is 115 Å². The third-order valence-corrected chi connectivity index (χ3v) is 6.87. The van der Waals surface area contributed by atoms with Gasteiger partial charge in [-0.2, -0.15) is 0 Å². The molecule has 3 heteroatoms. The zero-order chi connectivity index (χ0) is 24.3. The highest BCUT2D eigenvalue weighted by Crippen LogP contribution is 2.58. The average Bonchev–Trinajstić information content (AvgIpc) is 3.17. The normalized spacial score (nSPS) is 16.2. The van der Waals surface area contributed by atoms with Crippen LogP contribution in [0.1, 0.15) is 23.1 Å². The molecule has 0 saturated carbocycles. The van der Waals surface area contributed by atoms with Crippen LogP contribution in [-0.4, -0.2) is 5.11 Å². The number of benzene rings is 4. The fourth-order valence-corrected chi connectivity index (χ4v) is 5.33. The van der Waals surface area contributed by atoms with Crippen LogP contribution in [-0.2, 0) is 5.41 Å². The van der Waals surface area contributed by atoms with E-state index < -0.39 is 5.41 Å². The molecule has 4 aromatic rings. The highest BCUT2D eigenvalue weighted by molar-refractivity contribution is 6.33. The Morgan fingerprint density at radius 1 is 0.800 bits per heavy atom. The van der Waals surface area contributed by atoms with Gasteiger partial charge < -0.3 is 10.4 Å². The van der Waals surface area contributed by atoms with Crippen LogP contribution in [0.4, 0.5) is 11.4 Å². The fraction of sp³-hybridized carbons (Fsp3) is 0.0625. The van der Waals surface area contributed by atoms with Gasteiger partial charge in [-0.05, 0) is 59.0 Å². The van der Waals surface area contributed by atoms with E-state index in [0.717, 1.165) is 39.2 Å². The van der Waals surface area contributed by atoms with Crippen LogP contribution < -0.4 is 5.32 Å². The van der Waals surface area contributed by atoms with Gasteiger partial charge >= 0.3 is 0 Å². The lowest BCUT2D eigenvalue weighted by Gasteiger charge is -2.34. The average molecular weight is 474 g/mol. The molecule has 0 amide bonds. The maximum atomic E-state index is 11.1. The van der Waals surface area contributed by atoms with E-state index in [0.29, 0.717) is 11.4 Å². The molecule has 2 nitrogen and oxygen atoms in total. The van der Waals surface area contributed by atoms with E-state index in [2.05, 4.69) is 59.8 Å². The zero-order valence-electron chi connectivity index (χ0n) is 19.1. The van der Waals surface area contributed by atoms with Crippen LogP contribution >= 0.6 is 11.6 Å². The number of hydrogen-bond donors (Lipinski definition) is 2. The van der Waals surface area contributed by atoms with Crippen molar-refractivity contribution >= 4 is 23.0 Å². The predicted octanol–water partition coefficient (Wildman–Crippen LogP) is 8.24. The van der Waals surface area contributed by atoms with E-state index in [1.165, 1.54) is 0 Å². The molecular weight excluding hydrogens is 450 g/mol. The number of phenolic OH excluding ortho intramolecular Hbond substituents is 1. The summed E-state index contributed by atoms with van der Waals surface area (Å²) < 4.78 is 0. The Balaban J connectivity index is 1.80. The molecule has 1 unspecified atom stereocenters. The van der Waals surface area contributed by atoms with Crippen molar-refractivity contribution in [3.8, 4) is 29.2 Å². The predicted molar refractivity (Wildman–Crippen MR) is 146 cm³/mol. The van der Waals surface area contributed by atoms with Gasteiger partial charge in [0.05, 0.1) is 16.1 Å². The number of halogens is 1. The summed E-state index contributed by atoms with van der Waals surface area (Å²) in [6, 6.07) is 30.0. The number of allylic oxidation sites excluding steroid dienone is 4. The summed E-state index contributed by atoms with van der Waals surface area (Å²) in [7, 11) is 0. The first-order chi connectivity index (χ1) is 17.2. The van der Waals surface area contributed by atoms with E-state index in [4.69, 9.17) is 18.0 Å². The van der Waals surface area contributed by atoms with E-state index in [9.17, 15) is 5.11 Å². The Hall–Kier alpha value is -4.19. The molecule has 0 heterocycles.